The number of nitrogens with zero attached hydrogens (tertiary/aromatic N) is 2. The number of hydrogen-bond donors (Lipinski definition) is 1. The third-order valence-corrected chi connectivity index (χ3v) is 5.22. The quantitative estimate of drug-likeness (QED) is 0.491. The van der Waals surface area contributed by atoms with E-state index in [1.54, 1.807) is 29.2 Å². The molecule has 3 rings (SSSR count). The average Bonchev–Trinajstić information content (AvgIpc) is 2.78. The van der Waals surface area contributed by atoms with Crippen molar-refractivity contribution in [3.63, 3.8) is 0 Å². The highest BCUT2D eigenvalue weighted by molar-refractivity contribution is 5.84. The number of piperazine rings is 1. The first-order valence-electron chi connectivity index (χ1n) is 10.2. The van der Waals surface area contributed by atoms with E-state index in [1.165, 1.54) is 0 Å². The van der Waals surface area contributed by atoms with Crippen molar-refractivity contribution in [3.8, 4) is 5.75 Å². The molecule has 0 saturated carbocycles. The van der Waals surface area contributed by atoms with Crippen LogP contribution in [0.1, 0.15) is 24.5 Å². The molecular formula is C23H29FN2O3. The van der Waals surface area contributed by atoms with Gasteiger partial charge in [0, 0.05) is 32.7 Å². The first-order chi connectivity index (χ1) is 14.1. The number of carbonyl (C=O) groups is 1. The van der Waals surface area contributed by atoms with Crippen molar-refractivity contribution < 1.29 is 19.0 Å². The maximum absolute atomic E-state index is 14.6. The first kappa shape index (κ1) is 21.4. The van der Waals surface area contributed by atoms with Crippen LogP contribution >= 0.6 is 0 Å². The Morgan fingerprint density at radius 3 is 2.28 bits per heavy atom. The minimum absolute atomic E-state index is 0.291. The summed E-state index contributed by atoms with van der Waals surface area (Å²) >= 11 is 0. The Labute approximate surface area is 171 Å². The first-order valence-corrected chi connectivity index (χ1v) is 10.2. The van der Waals surface area contributed by atoms with Crippen LogP contribution in [-0.2, 0) is 4.79 Å². The standard InChI is InChI=1S/C23H29FN2O3/c24-22(18-21(27)23(28)19-8-3-1-4-9-19)26-15-13-25(14-16-26)12-7-17-29-20-10-5-2-6-11-20/h1-6,8-11,22-23,28H,7,12-18H2. The van der Waals surface area contributed by atoms with Crippen LogP contribution in [0.5, 0.6) is 5.75 Å². The number of halogens is 1. The number of aliphatic hydroxyl groups is 1. The molecule has 1 aliphatic rings. The second kappa shape index (κ2) is 11.0. The molecule has 0 radical (unpaired) electrons. The van der Waals surface area contributed by atoms with Crippen molar-refractivity contribution in [2.75, 3.05) is 39.3 Å². The number of ketones is 1. The molecule has 0 bridgehead atoms. The van der Waals surface area contributed by atoms with E-state index >= 15 is 0 Å². The van der Waals surface area contributed by atoms with Gasteiger partial charge in [0.25, 0.3) is 0 Å². The van der Waals surface area contributed by atoms with Crippen molar-refractivity contribution in [3.05, 3.63) is 66.2 Å². The van der Waals surface area contributed by atoms with Gasteiger partial charge in [0.15, 0.2) is 12.1 Å². The van der Waals surface area contributed by atoms with Gasteiger partial charge in [-0.15, -0.1) is 0 Å². The van der Waals surface area contributed by atoms with Gasteiger partial charge in [0.2, 0.25) is 0 Å². The highest BCUT2D eigenvalue weighted by Crippen LogP contribution is 2.19. The molecule has 1 aliphatic heterocycles. The van der Waals surface area contributed by atoms with Gasteiger partial charge in [0.05, 0.1) is 13.0 Å². The van der Waals surface area contributed by atoms with Gasteiger partial charge in [-0.2, -0.15) is 0 Å². The number of carbonyl (C=O) groups excluding carboxylic acids is 1. The third-order valence-electron chi connectivity index (χ3n) is 5.22. The van der Waals surface area contributed by atoms with Gasteiger partial charge in [-0.05, 0) is 24.1 Å². The lowest BCUT2D eigenvalue weighted by Crippen LogP contribution is -2.50. The highest BCUT2D eigenvalue weighted by atomic mass is 19.1. The highest BCUT2D eigenvalue weighted by Gasteiger charge is 2.28. The van der Waals surface area contributed by atoms with Gasteiger partial charge in [-0.3, -0.25) is 9.69 Å². The normalized spacial score (nSPS) is 17.6. The Hall–Kier alpha value is -2.28. The molecule has 1 saturated heterocycles. The minimum atomic E-state index is -1.36. The molecule has 6 heteroatoms. The zero-order valence-corrected chi connectivity index (χ0v) is 16.6. The molecule has 2 unspecified atom stereocenters. The number of alkyl halides is 1. The van der Waals surface area contributed by atoms with Crippen molar-refractivity contribution in [1.82, 2.24) is 9.80 Å². The Bertz CT molecular complexity index is 736. The van der Waals surface area contributed by atoms with E-state index in [1.807, 2.05) is 36.4 Å². The number of para-hydroxylation sites is 1. The fraction of sp³-hybridized carbons (Fsp3) is 0.435. The van der Waals surface area contributed by atoms with Crippen LogP contribution in [0.15, 0.2) is 60.7 Å². The summed E-state index contributed by atoms with van der Waals surface area (Å²) in [5, 5.41) is 10.1. The summed E-state index contributed by atoms with van der Waals surface area (Å²) in [5.41, 5.74) is 0.507. The molecule has 156 valence electrons. The van der Waals surface area contributed by atoms with E-state index in [2.05, 4.69) is 4.90 Å². The van der Waals surface area contributed by atoms with Crippen LogP contribution in [0.3, 0.4) is 0 Å². The number of rotatable bonds is 10. The van der Waals surface area contributed by atoms with E-state index in [0.29, 0.717) is 25.3 Å². The number of hydrogen-bond acceptors (Lipinski definition) is 5. The van der Waals surface area contributed by atoms with Crippen LogP contribution in [0.25, 0.3) is 0 Å². The van der Waals surface area contributed by atoms with Gasteiger partial charge in [-0.25, -0.2) is 4.39 Å². The maximum atomic E-state index is 14.6. The predicted molar refractivity (Wildman–Crippen MR) is 110 cm³/mol. The fourth-order valence-electron chi connectivity index (χ4n) is 3.49. The van der Waals surface area contributed by atoms with Crippen molar-refractivity contribution in [2.45, 2.75) is 25.2 Å². The monoisotopic (exact) mass is 400 g/mol. The fourth-order valence-corrected chi connectivity index (χ4v) is 3.49. The SMILES string of the molecule is O=C(CC(F)N1CCN(CCCOc2ccccc2)CC1)C(O)c1ccccc1. The van der Waals surface area contributed by atoms with Gasteiger partial charge >= 0.3 is 0 Å². The summed E-state index contributed by atoms with van der Waals surface area (Å²) in [6, 6.07) is 18.4. The second-order valence-corrected chi connectivity index (χ2v) is 7.31. The lowest BCUT2D eigenvalue weighted by molar-refractivity contribution is -0.130. The van der Waals surface area contributed by atoms with E-state index in [-0.39, 0.29) is 6.42 Å². The molecule has 1 heterocycles. The molecule has 1 fully saturated rings. The van der Waals surface area contributed by atoms with Crippen molar-refractivity contribution in [1.29, 1.82) is 0 Å². The van der Waals surface area contributed by atoms with Crippen LogP contribution in [0.2, 0.25) is 0 Å². The summed E-state index contributed by atoms with van der Waals surface area (Å²) in [5.74, 6) is 0.393. The molecule has 2 atom stereocenters. The van der Waals surface area contributed by atoms with Crippen molar-refractivity contribution in [2.24, 2.45) is 0 Å². The van der Waals surface area contributed by atoms with Crippen LogP contribution in [0, 0.1) is 0 Å². The van der Waals surface area contributed by atoms with E-state index < -0.39 is 18.2 Å². The number of benzene rings is 2. The molecular weight excluding hydrogens is 371 g/mol. The summed E-state index contributed by atoms with van der Waals surface area (Å²) in [6.07, 6.45) is -2.00. The van der Waals surface area contributed by atoms with Crippen molar-refractivity contribution >= 4 is 5.78 Å². The number of Topliss-reactive ketones (excluding diaryl/α,β-unsaturated/α-hetero) is 1. The lowest BCUT2D eigenvalue weighted by Gasteiger charge is -2.36. The Morgan fingerprint density at radius 1 is 1.00 bits per heavy atom. The maximum Gasteiger partial charge on any atom is 0.170 e. The zero-order chi connectivity index (χ0) is 20.5. The molecule has 5 nitrogen and oxygen atoms in total. The molecule has 1 N–H and O–H groups in total. The van der Waals surface area contributed by atoms with Gasteiger partial charge in [0.1, 0.15) is 11.9 Å². The lowest BCUT2D eigenvalue weighted by atomic mass is 10.0. The number of aliphatic hydroxyl groups excluding tert-OH is 1. The molecule has 0 aromatic heterocycles. The molecule has 0 aliphatic carbocycles. The largest absolute Gasteiger partial charge is 0.494 e. The summed E-state index contributed by atoms with van der Waals surface area (Å²) < 4.78 is 20.3. The Kier molecular flexibility index (Phi) is 8.16. The molecule has 29 heavy (non-hydrogen) atoms. The van der Waals surface area contributed by atoms with Crippen LogP contribution < -0.4 is 4.74 Å². The molecule has 0 amide bonds. The van der Waals surface area contributed by atoms with Crippen LogP contribution in [0.4, 0.5) is 4.39 Å². The average molecular weight is 400 g/mol. The summed E-state index contributed by atoms with van der Waals surface area (Å²) in [7, 11) is 0. The van der Waals surface area contributed by atoms with E-state index in [0.717, 1.165) is 31.8 Å². The summed E-state index contributed by atoms with van der Waals surface area (Å²) in [4.78, 5) is 16.2. The summed E-state index contributed by atoms with van der Waals surface area (Å²) in [6.45, 7) is 4.25. The molecule has 0 spiro atoms. The minimum Gasteiger partial charge on any atom is -0.494 e. The number of ether oxygens (including phenoxy) is 1. The molecule has 2 aromatic rings. The second-order valence-electron chi connectivity index (χ2n) is 7.31. The zero-order valence-electron chi connectivity index (χ0n) is 16.6. The topological polar surface area (TPSA) is 53.0 Å². The predicted octanol–water partition coefficient (Wildman–Crippen LogP) is 3.06. The van der Waals surface area contributed by atoms with Gasteiger partial charge in [-0.1, -0.05) is 48.5 Å². The molecule has 2 aromatic carbocycles. The smallest absolute Gasteiger partial charge is 0.170 e. The van der Waals surface area contributed by atoms with E-state index in [9.17, 15) is 14.3 Å². The Balaban J connectivity index is 1.33. The Morgan fingerprint density at radius 2 is 1.62 bits per heavy atom. The third kappa shape index (κ3) is 6.63. The van der Waals surface area contributed by atoms with E-state index in [4.69, 9.17) is 4.74 Å². The van der Waals surface area contributed by atoms with Gasteiger partial charge < -0.3 is 14.7 Å². The van der Waals surface area contributed by atoms with Crippen LogP contribution in [-0.4, -0.2) is 66.3 Å².